The molecule has 0 saturated carbocycles. The number of hydrogen-bond acceptors (Lipinski definition) is 6. The van der Waals surface area contributed by atoms with Gasteiger partial charge in [-0.25, -0.2) is 18.3 Å². The van der Waals surface area contributed by atoms with Crippen molar-refractivity contribution in [3.63, 3.8) is 0 Å². The SMILES string of the molecule is CNC(=O)c1ccc(-c2cc3nnn(C4CCN(C(=O)O[C@@H](C)C5=CCCC=C5)CC4)c3cn2)c(F)c1F. The fourth-order valence-corrected chi connectivity index (χ4v) is 4.83. The molecule has 2 aliphatic rings. The van der Waals surface area contributed by atoms with E-state index in [9.17, 15) is 18.4 Å². The molecule has 3 aromatic rings. The molecule has 0 bridgehead atoms. The van der Waals surface area contributed by atoms with Crippen molar-refractivity contribution in [3.05, 3.63) is 65.4 Å². The third-order valence-corrected chi connectivity index (χ3v) is 7.03. The highest BCUT2D eigenvalue weighted by atomic mass is 19.2. The van der Waals surface area contributed by atoms with Crippen molar-refractivity contribution in [1.82, 2.24) is 30.2 Å². The van der Waals surface area contributed by atoms with Crippen LogP contribution in [0.1, 0.15) is 49.0 Å². The number of fused-ring (bicyclic) bond motifs is 1. The van der Waals surface area contributed by atoms with Gasteiger partial charge in [0.2, 0.25) is 0 Å². The van der Waals surface area contributed by atoms with Crippen LogP contribution in [0.3, 0.4) is 0 Å². The largest absolute Gasteiger partial charge is 0.442 e. The van der Waals surface area contributed by atoms with E-state index < -0.39 is 17.5 Å². The second-order valence-corrected chi connectivity index (χ2v) is 9.39. The van der Waals surface area contributed by atoms with Gasteiger partial charge in [0.1, 0.15) is 17.1 Å². The number of hydrogen-bond donors (Lipinski definition) is 1. The summed E-state index contributed by atoms with van der Waals surface area (Å²) in [5, 5.41) is 10.8. The summed E-state index contributed by atoms with van der Waals surface area (Å²) in [6.07, 6.45) is 10.4. The molecule has 198 valence electrons. The normalized spacial score (nSPS) is 16.8. The number of pyridine rings is 1. The van der Waals surface area contributed by atoms with Crippen LogP contribution in [0.2, 0.25) is 0 Å². The van der Waals surface area contributed by atoms with Crippen molar-refractivity contribution in [2.24, 2.45) is 0 Å². The molecule has 5 rings (SSSR count). The molecular formula is C27H28F2N6O3. The van der Waals surface area contributed by atoms with Gasteiger partial charge in [-0.15, -0.1) is 5.10 Å². The number of allylic oxidation sites excluding steroid dienone is 2. The molecule has 1 atom stereocenters. The third-order valence-electron chi connectivity index (χ3n) is 7.03. The molecule has 11 heteroatoms. The number of halogens is 2. The number of nitrogens with zero attached hydrogens (tertiary/aromatic N) is 5. The van der Waals surface area contributed by atoms with Crippen LogP contribution in [-0.4, -0.2) is 63.1 Å². The van der Waals surface area contributed by atoms with E-state index in [2.05, 4.69) is 32.8 Å². The maximum absolute atomic E-state index is 14.7. The maximum atomic E-state index is 14.7. The molecule has 1 saturated heterocycles. The summed E-state index contributed by atoms with van der Waals surface area (Å²) in [7, 11) is 1.34. The van der Waals surface area contributed by atoms with Gasteiger partial charge < -0.3 is 15.0 Å². The molecule has 0 spiro atoms. The fraction of sp³-hybridized carbons (Fsp3) is 0.370. The van der Waals surface area contributed by atoms with Crippen molar-refractivity contribution in [2.75, 3.05) is 20.1 Å². The molecule has 2 amide bonds. The molecule has 0 radical (unpaired) electrons. The lowest BCUT2D eigenvalue weighted by molar-refractivity contribution is 0.0711. The maximum Gasteiger partial charge on any atom is 0.410 e. The van der Waals surface area contributed by atoms with Crippen molar-refractivity contribution >= 4 is 23.0 Å². The van der Waals surface area contributed by atoms with Gasteiger partial charge in [0.25, 0.3) is 5.91 Å². The molecule has 1 N–H and O–H groups in total. The van der Waals surface area contributed by atoms with E-state index in [-0.39, 0.29) is 35.1 Å². The number of carbonyl (C=O) groups excluding carboxylic acids is 2. The number of benzene rings is 1. The minimum absolute atomic E-state index is 0.000806. The molecule has 9 nitrogen and oxygen atoms in total. The van der Waals surface area contributed by atoms with Crippen molar-refractivity contribution < 1.29 is 23.1 Å². The molecule has 1 aromatic carbocycles. The molecule has 2 aromatic heterocycles. The first-order valence-electron chi connectivity index (χ1n) is 12.6. The lowest BCUT2D eigenvalue weighted by Crippen LogP contribution is -2.40. The first-order valence-corrected chi connectivity index (χ1v) is 12.6. The van der Waals surface area contributed by atoms with E-state index in [0.29, 0.717) is 37.0 Å². The number of piperidine rings is 1. The Kier molecular flexibility index (Phi) is 7.17. The third kappa shape index (κ3) is 4.88. The zero-order chi connectivity index (χ0) is 26.8. The summed E-state index contributed by atoms with van der Waals surface area (Å²) in [6.45, 7) is 2.91. The monoisotopic (exact) mass is 522 g/mol. The smallest absolute Gasteiger partial charge is 0.410 e. The van der Waals surface area contributed by atoms with Crippen LogP contribution in [0.25, 0.3) is 22.3 Å². The highest BCUT2D eigenvalue weighted by Crippen LogP contribution is 2.30. The first kappa shape index (κ1) is 25.5. The van der Waals surface area contributed by atoms with Crippen molar-refractivity contribution in [3.8, 4) is 11.3 Å². The Morgan fingerprint density at radius 2 is 1.95 bits per heavy atom. The van der Waals surface area contributed by atoms with Crippen LogP contribution in [0.15, 0.2) is 48.2 Å². The van der Waals surface area contributed by atoms with Crippen LogP contribution in [0, 0.1) is 11.6 Å². The van der Waals surface area contributed by atoms with Crippen molar-refractivity contribution in [2.45, 2.75) is 44.8 Å². The Balaban J connectivity index is 1.27. The molecule has 1 aliphatic heterocycles. The van der Waals surface area contributed by atoms with Crippen LogP contribution in [-0.2, 0) is 4.74 Å². The summed E-state index contributed by atoms with van der Waals surface area (Å²) < 4.78 is 36.6. The fourth-order valence-electron chi connectivity index (χ4n) is 4.83. The van der Waals surface area contributed by atoms with Gasteiger partial charge in [-0.1, -0.05) is 23.4 Å². The minimum atomic E-state index is -1.24. The predicted octanol–water partition coefficient (Wildman–Crippen LogP) is 4.57. The Bertz CT molecular complexity index is 1440. The Morgan fingerprint density at radius 3 is 2.66 bits per heavy atom. The first-order chi connectivity index (χ1) is 18.4. The van der Waals surface area contributed by atoms with Gasteiger partial charge in [0.05, 0.1) is 23.5 Å². The average Bonchev–Trinajstić information content (AvgIpc) is 3.38. The summed E-state index contributed by atoms with van der Waals surface area (Å²) in [5.41, 5.74) is 1.88. The summed E-state index contributed by atoms with van der Waals surface area (Å²) in [5.74, 6) is -3.11. The van der Waals surface area contributed by atoms with E-state index in [4.69, 9.17) is 4.74 Å². The van der Waals surface area contributed by atoms with E-state index in [1.807, 2.05) is 13.0 Å². The van der Waals surface area contributed by atoms with Gasteiger partial charge in [-0.05, 0) is 56.4 Å². The van der Waals surface area contributed by atoms with Gasteiger partial charge in [-0.2, -0.15) is 0 Å². The number of rotatable bonds is 5. The lowest BCUT2D eigenvalue weighted by atomic mass is 10.0. The highest BCUT2D eigenvalue weighted by molar-refractivity contribution is 5.95. The molecule has 3 heterocycles. The summed E-state index contributed by atoms with van der Waals surface area (Å²) in [6, 6.07) is 4.08. The average molecular weight is 523 g/mol. The van der Waals surface area contributed by atoms with Crippen LogP contribution >= 0.6 is 0 Å². The van der Waals surface area contributed by atoms with E-state index >= 15 is 0 Å². The van der Waals surface area contributed by atoms with Gasteiger partial charge in [0, 0.05) is 25.7 Å². The molecule has 0 unspecified atom stereocenters. The number of ether oxygens (including phenoxy) is 1. The quantitative estimate of drug-likeness (QED) is 0.527. The second-order valence-electron chi connectivity index (χ2n) is 9.39. The van der Waals surface area contributed by atoms with Gasteiger partial charge in [0.15, 0.2) is 11.6 Å². The standard InChI is InChI=1S/C27H28F2N6O3/c1-16(17-6-4-3-5-7-17)38-27(37)34-12-10-18(11-13-34)35-23-15-31-21(14-22(23)32-33-35)19-8-9-20(26(36)30-2)25(29)24(19)28/h4,6-9,14-16,18H,3,5,10-13H2,1-2H3,(H,30,36)/t16-/m0/s1. The topological polar surface area (TPSA) is 102 Å². The number of aromatic nitrogens is 4. The lowest BCUT2D eigenvalue weighted by Gasteiger charge is -2.32. The number of nitrogens with one attached hydrogen (secondary N) is 1. The van der Waals surface area contributed by atoms with Gasteiger partial charge in [-0.3, -0.25) is 9.78 Å². The summed E-state index contributed by atoms with van der Waals surface area (Å²) in [4.78, 5) is 30.5. The van der Waals surface area contributed by atoms with Crippen LogP contribution in [0.4, 0.5) is 13.6 Å². The predicted molar refractivity (Wildman–Crippen MR) is 136 cm³/mol. The second kappa shape index (κ2) is 10.7. The van der Waals surface area contributed by atoms with Crippen LogP contribution < -0.4 is 5.32 Å². The molecular weight excluding hydrogens is 494 g/mol. The molecule has 1 fully saturated rings. The molecule has 1 aliphatic carbocycles. The van der Waals surface area contributed by atoms with Gasteiger partial charge >= 0.3 is 6.09 Å². The Labute approximate surface area is 218 Å². The van der Waals surface area contributed by atoms with E-state index in [1.54, 1.807) is 15.6 Å². The summed E-state index contributed by atoms with van der Waals surface area (Å²) >= 11 is 0. The van der Waals surface area contributed by atoms with E-state index in [1.165, 1.54) is 25.4 Å². The van der Waals surface area contributed by atoms with Crippen molar-refractivity contribution in [1.29, 1.82) is 0 Å². The zero-order valence-electron chi connectivity index (χ0n) is 21.2. The number of carbonyl (C=O) groups is 2. The number of likely N-dealkylation sites (tertiary alicyclic amines) is 1. The Hall–Kier alpha value is -4.15. The minimum Gasteiger partial charge on any atom is -0.442 e. The Morgan fingerprint density at radius 1 is 1.16 bits per heavy atom. The zero-order valence-corrected chi connectivity index (χ0v) is 21.2. The highest BCUT2D eigenvalue weighted by Gasteiger charge is 2.28. The number of amides is 2. The van der Waals surface area contributed by atoms with Crippen LogP contribution in [0.5, 0.6) is 0 Å². The van der Waals surface area contributed by atoms with E-state index in [0.717, 1.165) is 18.4 Å². The molecule has 38 heavy (non-hydrogen) atoms.